The van der Waals surface area contributed by atoms with Gasteiger partial charge in [0.15, 0.2) is 0 Å². The second kappa shape index (κ2) is 7.71. The number of carbonyl (C=O) groups is 1. The van der Waals surface area contributed by atoms with Gasteiger partial charge in [-0.1, -0.05) is 42.0 Å². The Morgan fingerprint density at radius 1 is 1.26 bits per heavy atom. The molecule has 0 radical (unpaired) electrons. The zero-order chi connectivity index (χ0) is 14.3. The Kier molecular flexibility index (Phi) is 6.25. The molecule has 0 aliphatic heterocycles. The van der Waals surface area contributed by atoms with Crippen LogP contribution in [0.3, 0.4) is 0 Å². The van der Waals surface area contributed by atoms with Crippen molar-refractivity contribution in [1.82, 2.24) is 0 Å². The molecule has 0 unspecified atom stereocenters. The van der Waals surface area contributed by atoms with Crippen molar-refractivity contribution < 1.29 is 19.7 Å². The van der Waals surface area contributed by atoms with E-state index in [-0.39, 0.29) is 12.6 Å². The summed E-state index contributed by atoms with van der Waals surface area (Å²) >= 11 is 0. The van der Waals surface area contributed by atoms with E-state index in [4.69, 9.17) is 4.74 Å². The molecule has 0 amide bonds. The van der Waals surface area contributed by atoms with Crippen LogP contribution in [0, 0.1) is 0 Å². The normalized spacial score (nSPS) is 14.8. The van der Waals surface area contributed by atoms with E-state index in [9.17, 15) is 15.0 Å². The van der Waals surface area contributed by atoms with E-state index in [0.29, 0.717) is 12.0 Å². The predicted octanol–water partition coefficient (Wildman–Crippen LogP) is 1.98. The smallest absolute Gasteiger partial charge is 0.302 e. The van der Waals surface area contributed by atoms with Crippen LogP contribution in [0.15, 0.2) is 42.0 Å². The molecule has 2 N–H and O–H groups in total. The number of hydrogen-bond donors (Lipinski definition) is 2. The molecule has 1 aromatic rings. The van der Waals surface area contributed by atoms with Crippen molar-refractivity contribution in [3.05, 3.63) is 47.5 Å². The van der Waals surface area contributed by atoms with Gasteiger partial charge in [0.25, 0.3) is 0 Å². The number of carbonyl (C=O) groups excluding carboxylic acids is 1. The van der Waals surface area contributed by atoms with Gasteiger partial charge in [0.05, 0.1) is 6.61 Å². The number of ether oxygens (including phenoxy) is 1. The first-order valence-corrected chi connectivity index (χ1v) is 6.22. The zero-order valence-electron chi connectivity index (χ0n) is 11.2. The number of esters is 1. The van der Waals surface area contributed by atoms with E-state index in [2.05, 4.69) is 0 Å². The molecule has 0 aliphatic carbocycles. The highest BCUT2D eigenvalue weighted by Gasteiger charge is 2.15. The highest BCUT2D eigenvalue weighted by molar-refractivity contribution is 5.65. The molecule has 4 heteroatoms. The van der Waals surface area contributed by atoms with Crippen molar-refractivity contribution in [2.24, 2.45) is 0 Å². The first kappa shape index (κ1) is 15.4. The standard InChI is InChI=1S/C15H20O4/c1-11(8-9-19-12(2)16)10-14(17)15(18)13-6-4-3-5-7-13/h3-7,10,14-15,17-18H,8-9H2,1-2H3/b11-10-/t14-,15+/m0/s1. The van der Waals surface area contributed by atoms with Crippen LogP contribution in [0.2, 0.25) is 0 Å². The number of rotatable bonds is 6. The summed E-state index contributed by atoms with van der Waals surface area (Å²) in [6.45, 7) is 3.46. The van der Waals surface area contributed by atoms with E-state index in [1.54, 1.807) is 18.2 Å². The summed E-state index contributed by atoms with van der Waals surface area (Å²) in [5.74, 6) is -0.322. The molecule has 0 spiro atoms. The summed E-state index contributed by atoms with van der Waals surface area (Å²) in [6.07, 6.45) is 0.198. The molecule has 4 nitrogen and oxygen atoms in total. The molecular formula is C15H20O4. The maximum atomic E-state index is 10.6. The molecule has 1 rings (SSSR count). The van der Waals surface area contributed by atoms with Crippen LogP contribution in [-0.4, -0.2) is 28.9 Å². The zero-order valence-corrected chi connectivity index (χ0v) is 11.2. The predicted molar refractivity (Wildman–Crippen MR) is 72.4 cm³/mol. The van der Waals surface area contributed by atoms with Crippen LogP contribution in [0.25, 0.3) is 0 Å². The molecular weight excluding hydrogens is 244 g/mol. The van der Waals surface area contributed by atoms with Gasteiger partial charge in [0.1, 0.15) is 12.2 Å². The first-order chi connectivity index (χ1) is 9.00. The van der Waals surface area contributed by atoms with Crippen molar-refractivity contribution in [3.63, 3.8) is 0 Å². The third kappa shape index (κ3) is 5.68. The topological polar surface area (TPSA) is 66.8 Å². The highest BCUT2D eigenvalue weighted by atomic mass is 16.5. The third-order valence-corrected chi connectivity index (χ3v) is 2.72. The second-order valence-electron chi connectivity index (χ2n) is 4.45. The summed E-state index contributed by atoms with van der Waals surface area (Å²) in [5.41, 5.74) is 1.53. The van der Waals surface area contributed by atoms with Crippen molar-refractivity contribution in [2.45, 2.75) is 32.5 Å². The summed E-state index contributed by atoms with van der Waals surface area (Å²) in [6, 6.07) is 8.99. The van der Waals surface area contributed by atoms with Gasteiger partial charge in [0.2, 0.25) is 0 Å². The minimum absolute atomic E-state index is 0.284. The lowest BCUT2D eigenvalue weighted by atomic mass is 10.0. The molecule has 0 aliphatic rings. The van der Waals surface area contributed by atoms with Gasteiger partial charge < -0.3 is 14.9 Å². The fourth-order valence-electron chi connectivity index (χ4n) is 1.67. The van der Waals surface area contributed by atoms with Gasteiger partial charge >= 0.3 is 5.97 Å². The molecule has 0 bridgehead atoms. The van der Waals surface area contributed by atoms with Gasteiger partial charge in [-0.25, -0.2) is 0 Å². The van der Waals surface area contributed by atoms with Gasteiger partial charge in [0, 0.05) is 13.3 Å². The van der Waals surface area contributed by atoms with Crippen molar-refractivity contribution >= 4 is 5.97 Å². The van der Waals surface area contributed by atoms with Crippen LogP contribution in [0.1, 0.15) is 31.9 Å². The second-order valence-corrected chi connectivity index (χ2v) is 4.45. The number of benzene rings is 1. The van der Waals surface area contributed by atoms with Crippen molar-refractivity contribution in [1.29, 1.82) is 0 Å². The van der Waals surface area contributed by atoms with Crippen LogP contribution in [-0.2, 0) is 9.53 Å². The van der Waals surface area contributed by atoms with Crippen LogP contribution < -0.4 is 0 Å². The average molecular weight is 264 g/mol. The fraction of sp³-hybridized carbons (Fsp3) is 0.400. The SMILES string of the molecule is CC(=O)OCC/C(C)=C\[C@H](O)[C@H](O)c1ccccc1. The first-order valence-electron chi connectivity index (χ1n) is 6.22. The lowest BCUT2D eigenvalue weighted by molar-refractivity contribution is -0.140. The highest BCUT2D eigenvalue weighted by Crippen LogP contribution is 2.18. The van der Waals surface area contributed by atoms with Crippen molar-refractivity contribution in [2.75, 3.05) is 6.61 Å². The largest absolute Gasteiger partial charge is 0.466 e. The average Bonchev–Trinajstić information content (AvgIpc) is 2.38. The van der Waals surface area contributed by atoms with Crippen LogP contribution in [0.5, 0.6) is 0 Å². The molecule has 0 fully saturated rings. The summed E-state index contributed by atoms with van der Waals surface area (Å²) in [4.78, 5) is 10.6. The number of aliphatic hydroxyl groups excluding tert-OH is 2. The minimum Gasteiger partial charge on any atom is -0.466 e. The molecule has 1 aromatic carbocycles. The van der Waals surface area contributed by atoms with Gasteiger partial charge in [-0.15, -0.1) is 0 Å². The molecule has 2 atom stereocenters. The van der Waals surface area contributed by atoms with Crippen LogP contribution >= 0.6 is 0 Å². The minimum atomic E-state index is -0.972. The Morgan fingerprint density at radius 3 is 2.47 bits per heavy atom. The Hall–Kier alpha value is -1.65. The quantitative estimate of drug-likeness (QED) is 0.609. The van der Waals surface area contributed by atoms with Gasteiger partial charge in [-0.05, 0) is 12.5 Å². The third-order valence-electron chi connectivity index (χ3n) is 2.72. The maximum Gasteiger partial charge on any atom is 0.302 e. The van der Waals surface area contributed by atoms with E-state index in [0.717, 1.165) is 5.57 Å². The Balaban J connectivity index is 2.52. The maximum absolute atomic E-state index is 10.6. The fourth-order valence-corrected chi connectivity index (χ4v) is 1.67. The van der Waals surface area contributed by atoms with Crippen molar-refractivity contribution in [3.8, 4) is 0 Å². The molecule has 0 aromatic heterocycles. The van der Waals surface area contributed by atoms with E-state index < -0.39 is 12.2 Å². The monoisotopic (exact) mass is 264 g/mol. The van der Waals surface area contributed by atoms with E-state index in [1.807, 2.05) is 25.1 Å². The molecule has 0 heterocycles. The summed E-state index contributed by atoms with van der Waals surface area (Å²) < 4.78 is 4.82. The lowest BCUT2D eigenvalue weighted by Gasteiger charge is -2.16. The summed E-state index contributed by atoms with van der Waals surface area (Å²) in [5, 5.41) is 19.9. The number of aliphatic hydroxyl groups is 2. The number of hydrogen-bond acceptors (Lipinski definition) is 4. The van der Waals surface area contributed by atoms with Gasteiger partial charge in [-0.2, -0.15) is 0 Å². The molecule has 0 saturated heterocycles. The molecule has 0 saturated carbocycles. The van der Waals surface area contributed by atoms with E-state index in [1.165, 1.54) is 6.92 Å². The van der Waals surface area contributed by atoms with Gasteiger partial charge in [-0.3, -0.25) is 4.79 Å². The Bertz CT molecular complexity index is 425. The molecule has 19 heavy (non-hydrogen) atoms. The summed E-state index contributed by atoms with van der Waals surface area (Å²) in [7, 11) is 0. The Labute approximate surface area is 113 Å². The Morgan fingerprint density at radius 2 is 1.89 bits per heavy atom. The van der Waals surface area contributed by atoms with Crippen LogP contribution in [0.4, 0.5) is 0 Å². The van der Waals surface area contributed by atoms with E-state index >= 15 is 0 Å². The molecule has 104 valence electrons. The lowest BCUT2D eigenvalue weighted by Crippen LogP contribution is -2.16.